The number of hydrogen-bond acceptors (Lipinski definition) is 3. The van der Waals surface area contributed by atoms with Gasteiger partial charge in [0.25, 0.3) is 0 Å². The molecule has 0 bridgehead atoms. The lowest BCUT2D eigenvalue weighted by Crippen LogP contribution is -2.14. The number of aliphatic carboxylic acids is 1. The number of aromatic hydroxyl groups is 1. The Morgan fingerprint density at radius 3 is 2.60 bits per heavy atom. The van der Waals surface area contributed by atoms with Gasteiger partial charge < -0.3 is 15.5 Å². The minimum atomic E-state index is -1.08. The summed E-state index contributed by atoms with van der Waals surface area (Å²) in [5.74, 6) is -1.34. The Kier molecular flexibility index (Phi) is 5.90. The van der Waals surface area contributed by atoms with Gasteiger partial charge in [0, 0.05) is 0 Å². The summed E-state index contributed by atoms with van der Waals surface area (Å²) in [6.45, 7) is 5.39. The molecule has 25 heavy (non-hydrogen) atoms. The lowest BCUT2D eigenvalue weighted by molar-refractivity contribution is -0.134. The lowest BCUT2D eigenvalue weighted by atomic mass is 9.94. The first kappa shape index (κ1) is 19.1. The number of phenolic OH excluding ortho intramolecular Hbond substituents is 1. The molecule has 0 amide bonds. The quantitative estimate of drug-likeness (QED) is 0.693. The predicted octanol–water partition coefficient (Wildman–Crippen LogP) is 4.70. The van der Waals surface area contributed by atoms with Crippen LogP contribution >= 0.6 is 11.6 Å². The van der Waals surface area contributed by atoms with Crippen LogP contribution in [0.15, 0.2) is 24.3 Å². The Morgan fingerprint density at radius 1 is 1.32 bits per heavy atom. The Balaban J connectivity index is 2.36. The first-order valence-electron chi connectivity index (χ1n) is 7.95. The van der Waals surface area contributed by atoms with E-state index in [9.17, 15) is 14.3 Å². The number of anilines is 1. The molecule has 2 aromatic rings. The third-order valence-electron chi connectivity index (χ3n) is 4.06. The van der Waals surface area contributed by atoms with Crippen molar-refractivity contribution >= 4 is 23.3 Å². The number of phenols is 1. The van der Waals surface area contributed by atoms with Crippen molar-refractivity contribution in [3.8, 4) is 5.75 Å². The number of aryl methyl sites for hydroxylation is 1. The van der Waals surface area contributed by atoms with Crippen molar-refractivity contribution < 1.29 is 19.4 Å². The van der Waals surface area contributed by atoms with Gasteiger partial charge >= 0.3 is 5.97 Å². The summed E-state index contributed by atoms with van der Waals surface area (Å²) in [5.41, 5.74) is 3.21. The van der Waals surface area contributed by atoms with Gasteiger partial charge in [0.1, 0.15) is 12.3 Å². The number of halogens is 2. The molecule has 0 atom stereocenters. The summed E-state index contributed by atoms with van der Waals surface area (Å²) in [6.07, 6.45) is 0.417. The largest absolute Gasteiger partial charge is 0.508 e. The molecular weight excluding hydrogens is 345 g/mol. The van der Waals surface area contributed by atoms with E-state index in [-0.39, 0.29) is 28.9 Å². The fourth-order valence-corrected chi connectivity index (χ4v) is 3.01. The molecule has 0 aromatic heterocycles. The van der Waals surface area contributed by atoms with Gasteiger partial charge in [0.2, 0.25) is 0 Å². The Morgan fingerprint density at radius 2 is 2.00 bits per heavy atom. The molecule has 0 aliphatic heterocycles. The van der Waals surface area contributed by atoms with E-state index in [0.717, 1.165) is 16.7 Å². The first-order valence-corrected chi connectivity index (χ1v) is 8.33. The SMILES string of the molecule is Cc1cc(NCC(=O)O)c(F)c(Cl)c1Cc1ccc(O)c(C(C)C)c1. The second-order valence-corrected chi connectivity index (χ2v) is 6.70. The van der Waals surface area contributed by atoms with Crippen LogP contribution in [0, 0.1) is 12.7 Å². The lowest BCUT2D eigenvalue weighted by Gasteiger charge is -2.15. The number of benzene rings is 2. The smallest absolute Gasteiger partial charge is 0.322 e. The van der Waals surface area contributed by atoms with E-state index >= 15 is 0 Å². The number of carboxylic acids is 1. The van der Waals surface area contributed by atoms with Crippen molar-refractivity contribution in [1.82, 2.24) is 0 Å². The highest BCUT2D eigenvalue weighted by Gasteiger charge is 2.17. The van der Waals surface area contributed by atoms with Crippen molar-refractivity contribution in [2.75, 3.05) is 11.9 Å². The maximum Gasteiger partial charge on any atom is 0.322 e. The number of rotatable bonds is 6. The third-order valence-corrected chi connectivity index (χ3v) is 4.45. The maximum absolute atomic E-state index is 14.4. The third kappa shape index (κ3) is 4.42. The molecule has 2 aromatic carbocycles. The molecule has 0 saturated carbocycles. The normalized spacial score (nSPS) is 11.0. The van der Waals surface area contributed by atoms with Gasteiger partial charge in [-0.1, -0.05) is 37.6 Å². The van der Waals surface area contributed by atoms with Crippen LogP contribution in [0.4, 0.5) is 10.1 Å². The fraction of sp³-hybridized carbons (Fsp3) is 0.316. The highest BCUT2D eigenvalue weighted by atomic mass is 35.5. The number of carbonyl (C=O) groups is 1. The van der Waals surface area contributed by atoms with Gasteiger partial charge in [-0.15, -0.1) is 0 Å². The summed E-state index contributed by atoms with van der Waals surface area (Å²) in [7, 11) is 0. The van der Waals surface area contributed by atoms with Gasteiger partial charge in [-0.05, 0) is 53.6 Å². The monoisotopic (exact) mass is 365 g/mol. The minimum absolute atomic E-state index is 0.0212. The van der Waals surface area contributed by atoms with E-state index in [4.69, 9.17) is 16.7 Å². The topological polar surface area (TPSA) is 69.6 Å². The Bertz CT molecular complexity index is 806. The van der Waals surface area contributed by atoms with E-state index in [1.165, 1.54) is 0 Å². The molecule has 0 saturated heterocycles. The van der Waals surface area contributed by atoms with Crippen LogP contribution in [-0.2, 0) is 11.2 Å². The summed E-state index contributed by atoms with van der Waals surface area (Å²) in [5, 5.41) is 21.1. The van der Waals surface area contributed by atoms with Gasteiger partial charge in [-0.25, -0.2) is 4.39 Å². The molecule has 0 heterocycles. The summed E-state index contributed by atoms with van der Waals surface area (Å²) >= 11 is 6.19. The van der Waals surface area contributed by atoms with Crippen molar-refractivity contribution in [2.24, 2.45) is 0 Å². The van der Waals surface area contributed by atoms with Crippen LogP contribution in [0.1, 0.15) is 42.0 Å². The minimum Gasteiger partial charge on any atom is -0.508 e. The van der Waals surface area contributed by atoms with Gasteiger partial charge in [-0.2, -0.15) is 0 Å². The molecule has 6 heteroatoms. The van der Waals surface area contributed by atoms with Crippen molar-refractivity contribution in [3.05, 3.63) is 57.4 Å². The molecule has 0 spiro atoms. The summed E-state index contributed by atoms with van der Waals surface area (Å²) < 4.78 is 14.4. The van der Waals surface area contributed by atoms with E-state index in [1.54, 1.807) is 25.1 Å². The highest BCUT2D eigenvalue weighted by Crippen LogP contribution is 2.33. The zero-order valence-corrected chi connectivity index (χ0v) is 15.1. The molecule has 0 unspecified atom stereocenters. The first-order chi connectivity index (χ1) is 11.7. The Labute approximate surface area is 151 Å². The van der Waals surface area contributed by atoms with Crippen LogP contribution in [-0.4, -0.2) is 22.7 Å². The zero-order valence-electron chi connectivity index (χ0n) is 14.4. The molecule has 134 valence electrons. The van der Waals surface area contributed by atoms with Crippen LogP contribution in [0.2, 0.25) is 5.02 Å². The zero-order chi connectivity index (χ0) is 18.7. The van der Waals surface area contributed by atoms with Crippen LogP contribution < -0.4 is 5.32 Å². The van der Waals surface area contributed by atoms with Crippen LogP contribution in [0.3, 0.4) is 0 Å². The standard InChI is InChI=1S/C19H21ClFNO3/c1-10(2)13-7-12(4-5-16(13)23)8-14-11(3)6-15(19(21)18(14)20)22-9-17(24)25/h4-7,10,22-23H,8-9H2,1-3H3,(H,24,25). The van der Waals surface area contributed by atoms with E-state index in [2.05, 4.69) is 5.32 Å². The average Bonchev–Trinajstić information content (AvgIpc) is 2.54. The van der Waals surface area contributed by atoms with E-state index in [1.807, 2.05) is 19.9 Å². The average molecular weight is 366 g/mol. The second kappa shape index (κ2) is 7.74. The van der Waals surface area contributed by atoms with Crippen LogP contribution in [0.5, 0.6) is 5.75 Å². The number of nitrogens with one attached hydrogen (secondary N) is 1. The molecule has 0 radical (unpaired) electrons. The van der Waals surface area contributed by atoms with E-state index in [0.29, 0.717) is 12.0 Å². The van der Waals surface area contributed by atoms with Gasteiger partial charge in [0.05, 0.1) is 10.7 Å². The number of hydrogen-bond donors (Lipinski definition) is 3. The fourth-order valence-electron chi connectivity index (χ4n) is 2.69. The molecule has 0 fully saturated rings. The van der Waals surface area contributed by atoms with Crippen molar-refractivity contribution in [3.63, 3.8) is 0 Å². The molecular formula is C19H21ClFNO3. The van der Waals surface area contributed by atoms with Gasteiger partial charge in [0.15, 0.2) is 5.82 Å². The molecule has 3 N–H and O–H groups in total. The molecule has 2 rings (SSSR count). The second-order valence-electron chi connectivity index (χ2n) is 6.32. The van der Waals surface area contributed by atoms with Crippen LogP contribution in [0.25, 0.3) is 0 Å². The maximum atomic E-state index is 14.4. The van der Waals surface area contributed by atoms with E-state index < -0.39 is 11.8 Å². The van der Waals surface area contributed by atoms with Crippen molar-refractivity contribution in [1.29, 1.82) is 0 Å². The summed E-state index contributed by atoms with van der Waals surface area (Å²) in [6, 6.07) is 6.87. The summed E-state index contributed by atoms with van der Waals surface area (Å²) in [4.78, 5) is 10.6. The highest BCUT2D eigenvalue weighted by molar-refractivity contribution is 6.32. The van der Waals surface area contributed by atoms with Gasteiger partial charge in [-0.3, -0.25) is 4.79 Å². The predicted molar refractivity (Wildman–Crippen MR) is 97.3 cm³/mol. The molecule has 0 aliphatic carbocycles. The molecule has 4 nitrogen and oxygen atoms in total. The number of carboxylic acid groups (broad SMARTS) is 1. The van der Waals surface area contributed by atoms with Crippen molar-refractivity contribution in [2.45, 2.75) is 33.1 Å². The Hall–Kier alpha value is -2.27. The molecule has 0 aliphatic rings.